The van der Waals surface area contributed by atoms with E-state index >= 15 is 0 Å². The Morgan fingerprint density at radius 2 is 1.72 bits per heavy atom. The number of pyridine rings is 2. The quantitative estimate of drug-likeness (QED) is 0.598. The van der Waals surface area contributed by atoms with Gasteiger partial charge in [-0.1, -0.05) is 45.9 Å². The van der Waals surface area contributed by atoms with Gasteiger partial charge in [-0.15, -0.1) is 0 Å². The van der Waals surface area contributed by atoms with Gasteiger partial charge in [0.05, 0.1) is 23.6 Å². The van der Waals surface area contributed by atoms with Crippen molar-refractivity contribution in [2.75, 3.05) is 0 Å². The second-order valence-electron chi connectivity index (χ2n) is 6.83. The van der Waals surface area contributed by atoms with Gasteiger partial charge in [-0.3, -0.25) is 19.0 Å². The van der Waals surface area contributed by atoms with Gasteiger partial charge in [0.1, 0.15) is 24.0 Å². The number of carbonyl (C=O) groups is 1. The Labute approximate surface area is 187 Å². The highest BCUT2D eigenvalue weighted by Gasteiger charge is 2.33. The van der Waals surface area contributed by atoms with Gasteiger partial charge >= 0.3 is 0 Å². The van der Waals surface area contributed by atoms with E-state index in [0.29, 0.717) is 16.8 Å². The molecule has 1 aromatic carbocycles. The first-order valence-corrected chi connectivity index (χ1v) is 10.8. The number of rotatable bonds is 2. The molecule has 1 unspecified atom stereocenters. The predicted molar refractivity (Wildman–Crippen MR) is 125 cm³/mol. The van der Waals surface area contributed by atoms with Gasteiger partial charge in [-0.25, -0.2) is 0 Å². The average molecular weight is 436 g/mol. The summed E-state index contributed by atoms with van der Waals surface area (Å²) in [6.45, 7) is 9.64. The lowest BCUT2D eigenvalue weighted by Crippen LogP contribution is -2.34. The molecular formula is C25H29N3O4. The number of carbonyl (C=O) groups excluding carboxylic acids is 1. The molecule has 1 aliphatic rings. The Kier molecular flexibility index (Phi) is 8.14. The van der Waals surface area contributed by atoms with Crippen molar-refractivity contribution in [2.24, 2.45) is 7.05 Å². The van der Waals surface area contributed by atoms with Crippen molar-refractivity contribution in [2.45, 2.75) is 53.7 Å². The molecule has 1 atom stereocenters. The maximum Gasteiger partial charge on any atom is 0.265 e. The van der Waals surface area contributed by atoms with Gasteiger partial charge in [0.25, 0.3) is 11.1 Å². The molecule has 4 rings (SSSR count). The second-order valence-corrected chi connectivity index (χ2v) is 6.83. The van der Waals surface area contributed by atoms with Gasteiger partial charge in [0.15, 0.2) is 5.78 Å². The summed E-state index contributed by atoms with van der Waals surface area (Å²) in [4.78, 5) is 38.1. The van der Waals surface area contributed by atoms with Crippen LogP contribution in [-0.2, 0) is 13.6 Å². The smallest absolute Gasteiger partial charge is 0.265 e. The number of ether oxygens (including phenoxy) is 1. The summed E-state index contributed by atoms with van der Waals surface area (Å²) >= 11 is 0. The molecule has 0 saturated heterocycles. The molecule has 0 amide bonds. The van der Waals surface area contributed by atoms with Gasteiger partial charge < -0.3 is 9.30 Å². The Morgan fingerprint density at radius 3 is 2.38 bits per heavy atom. The second kappa shape index (κ2) is 10.6. The normalized spacial score (nSPS) is 14.2. The minimum Gasteiger partial charge on any atom is -0.484 e. The third kappa shape index (κ3) is 4.35. The molecule has 0 radical (unpaired) electrons. The maximum absolute atomic E-state index is 13.0. The fourth-order valence-corrected chi connectivity index (χ4v) is 3.59. The highest BCUT2D eigenvalue weighted by Crippen LogP contribution is 2.33. The largest absolute Gasteiger partial charge is 0.484 e. The van der Waals surface area contributed by atoms with Gasteiger partial charge in [-0.2, -0.15) is 5.26 Å². The number of fused-ring (bicyclic) bond motifs is 2. The highest BCUT2D eigenvalue weighted by molar-refractivity contribution is 5.99. The molecule has 3 aromatic rings. The SMILES string of the molecule is CC.CC.Cc1cc2c(c(=O)n1C)C(=O)CC(c1cc3ccccc3n(CC#N)c1=O)O2. The molecule has 7 heteroatoms. The molecule has 2 aromatic heterocycles. The van der Waals surface area contributed by atoms with Crippen LogP contribution in [0.3, 0.4) is 0 Å². The number of Topliss-reactive ketones (excluding diaryl/α,β-unsaturated/α-hetero) is 1. The van der Waals surface area contributed by atoms with E-state index in [0.717, 1.165) is 5.39 Å². The van der Waals surface area contributed by atoms with E-state index in [1.165, 1.54) is 9.13 Å². The minimum absolute atomic E-state index is 0.0162. The number of hydrogen-bond donors (Lipinski definition) is 0. The zero-order chi connectivity index (χ0) is 24.0. The van der Waals surface area contributed by atoms with E-state index in [4.69, 9.17) is 10.00 Å². The van der Waals surface area contributed by atoms with Crippen LogP contribution in [0.2, 0.25) is 0 Å². The molecule has 7 nitrogen and oxygen atoms in total. The van der Waals surface area contributed by atoms with E-state index < -0.39 is 11.7 Å². The Balaban J connectivity index is 0.000000860. The topological polar surface area (TPSA) is 94.1 Å². The third-order valence-electron chi connectivity index (χ3n) is 5.16. The number of ketones is 1. The molecule has 0 aliphatic carbocycles. The van der Waals surface area contributed by atoms with Crippen molar-refractivity contribution in [1.82, 2.24) is 9.13 Å². The first kappa shape index (κ1) is 24.6. The van der Waals surface area contributed by atoms with Gasteiger partial charge in [0.2, 0.25) is 0 Å². The number of nitriles is 1. The summed E-state index contributed by atoms with van der Waals surface area (Å²) in [6.07, 6.45) is -0.917. The molecule has 0 fully saturated rings. The summed E-state index contributed by atoms with van der Waals surface area (Å²) in [7, 11) is 1.60. The van der Waals surface area contributed by atoms with Crippen LogP contribution >= 0.6 is 0 Å². The molecule has 32 heavy (non-hydrogen) atoms. The van der Waals surface area contributed by atoms with Crippen molar-refractivity contribution in [3.63, 3.8) is 0 Å². The summed E-state index contributed by atoms with van der Waals surface area (Å²) in [5.74, 6) is -0.160. The summed E-state index contributed by atoms with van der Waals surface area (Å²) < 4.78 is 8.71. The molecule has 1 aliphatic heterocycles. The van der Waals surface area contributed by atoms with Crippen LogP contribution in [0.25, 0.3) is 10.9 Å². The molecule has 3 heterocycles. The fraction of sp³-hybridized carbons (Fsp3) is 0.360. The molecule has 0 N–H and O–H groups in total. The number of nitrogens with zero attached hydrogens (tertiary/aromatic N) is 3. The number of aryl methyl sites for hydroxylation is 1. The van der Waals surface area contributed by atoms with E-state index in [9.17, 15) is 14.4 Å². The summed E-state index contributed by atoms with van der Waals surface area (Å²) in [6, 6.07) is 12.6. The molecule has 0 saturated carbocycles. The standard InChI is InChI=1S/C21H17N3O4.2C2H6/c1-12-9-18-19(21(27)23(12)2)16(25)11-17(28-18)14-10-13-5-3-4-6-15(13)24(8-7-22)20(14)26;2*1-2/h3-6,9-10,17H,8,11H2,1-2H3;2*1-2H3. The summed E-state index contributed by atoms with van der Waals surface area (Å²) in [5, 5.41) is 9.90. The zero-order valence-electron chi connectivity index (χ0n) is 19.4. The van der Waals surface area contributed by atoms with Gasteiger partial charge in [0, 0.05) is 18.8 Å². The highest BCUT2D eigenvalue weighted by atomic mass is 16.5. The number of aromatic nitrogens is 2. The van der Waals surface area contributed by atoms with Crippen LogP contribution in [0, 0.1) is 18.3 Å². The molecule has 0 spiro atoms. The van der Waals surface area contributed by atoms with E-state index in [-0.39, 0.29) is 35.6 Å². The van der Waals surface area contributed by atoms with Crippen LogP contribution in [0.5, 0.6) is 5.75 Å². The Hall–Kier alpha value is -3.66. The van der Waals surface area contributed by atoms with Crippen molar-refractivity contribution in [3.05, 3.63) is 73.9 Å². The number of hydrogen-bond acceptors (Lipinski definition) is 5. The third-order valence-corrected chi connectivity index (χ3v) is 5.16. The van der Waals surface area contributed by atoms with E-state index in [1.54, 1.807) is 38.2 Å². The van der Waals surface area contributed by atoms with Crippen molar-refractivity contribution >= 4 is 16.7 Å². The first-order valence-electron chi connectivity index (χ1n) is 10.8. The van der Waals surface area contributed by atoms with Crippen molar-refractivity contribution in [1.29, 1.82) is 5.26 Å². The minimum atomic E-state index is -0.812. The van der Waals surface area contributed by atoms with Crippen molar-refractivity contribution in [3.8, 4) is 11.8 Å². The lowest BCUT2D eigenvalue weighted by molar-refractivity contribution is 0.0843. The number of para-hydroxylation sites is 1. The predicted octanol–water partition coefficient (Wildman–Crippen LogP) is 4.29. The summed E-state index contributed by atoms with van der Waals surface area (Å²) in [5.41, 5.74) is 0.831. The average Bonchev–Trinajstić information content (AvgIpc) is 2.81. The Bertz CT molecular complexity index is 1300. The molecular weight excluding hydrogens is 406 g/mol. The van der Waals surface area contributed by atoms with Crippen LogP contribution in [0.1, 0.15) is 61.8 Å². The van der Waals surface area contributed by atoms with Crippen molar-refractivity contribution < 1.29 is 9.53 Å². The molecule has 0 bridgehead atoms. The Morgan fingerprint density at radius 1 is 1.06 bits per heavy atom. The molecule has 168 valence electrons. The zero-order valence-corrected chi connectivity index (χ0v) is 19.4. The monoisotopic (exact) mass is 435 g/mol. The van der Waals surface area contributed by atoms with Crippen LogP contribution in [-0.4, -0.2) is 14.9 Å². The van der Waals surface area contributed by atoms with E-state index in [2.05, 4.69) is 0 Å². The lowest BCUT2D eigenvalue weighted by Gasteiger charge is -2.26. The van der Waals surface area contributed by atoms with Crippen LogP contribution in [0.4, 0.5) is 0 Å². The fourth-order valence-electron chi connectivity index (χ4n) is 3.59. The first-order chi connectivity index (χ1) is 15.4. The van der Waals surface area contributed by atoms with Gasteiger partial charge in [-0.05, 0) is 24.4 Å². The number of benzene rings is 1. The van der Waals surface area contributed by atoms with Crippen LogP contribution in [0.15, 0.2) is 46.0 Å². The van der Waals surface area contributed by atoms with E-state index in [1.807, 2.05) is 45.9 Å². The lowest BCUT2D eigenvalue weighted by atomic mass is 9.96. The van der Waals surface area contributed by atoms with Crippen LogP contribution < -0.4 is 15.9 Å². The maximum atomic E-state index is 13.0.